The van der Waals surface area contributed by atoms with Crippen molar-refractivity contribution in [1.29, 1.82) is 0 Å². The van der Waals surface area contributed by atoms with Crippen LogP contribution in [-0.4, -0.2) is 17.2 Å². The summed E-state index contributed by atoms with van der Waals surface area (Å²) >= 11 is 0. The molecule has 3 heteroatoms. The van der Waals surface area contributed by atoms with Crippen LogP contribution >= 0.6 is 0 Å². The summed E-state index contributed by atoms with van der Waals surface area (Å²) in [5.41, 5.74) is 9.97. The number of aromatic nitrogens is 1. The van der Waals surface area contributed by atoms with Crippen molar-refractivity contribution in [3.05, 3.63) is 52.9 Å². The first-order valence-electron chi connectivity index (χ1n) is 11.2. The molecule has 0 aliphatic heterocycles. The van der Waals surface area contributed by atoms with E-state index < -0.39 is 0 Å². The normalized spacial score (nSPS) is 16.2. The fourth-order valence-electron chi connectivity index (χ4n) is 3.77. The Hall–Kier alpha value is -2.42. The van der Waals surface area contributed by atoms with Crippen LogP contribution in [0.25, 0.3) is 16.8 Å². The number of hydrogen-bond acceptors (Lipinski definition) is 3. The monoisotopic (exact) mass is 387 g/mol. The molecule has 4 rings (SSSR count). The molecule has 3 nitrogen and oxygen atoms in total. The molecule has 1 aromatic carbocycles. The number of benzene rings is 1. The number of aliphatic imine (C=N–C) groups is 1. The lowest BCUT2D eigenvalue weighted by Crippen LogP contribution is -2.19. The molecule has 2 fully saturated rings. The van der Waals surface area contributed by atoms with Crippen molar-refractivity contribution < 1.29 is 0 Å². The standard InChI is InChI=1S/C26H33N3/c1-4-5-6-14-27-25-16-22(17-28-19(25)3)24-15-21(11-10-18(24)2)26(20-8-7-9-20)29-23-12-13-23/h10-11,14-17,23,29H,4-9,12-13H2,1-3H3/b27-14-. The first-order valence-corrected chi connectivity index (χ1v) is 11.2. The molecule has 0 bridgehead atoms. The minimum Gasteiger partial charge on any atom is -0.382 e. The predicted octanol–water partition coefficient (Wildman–Crippen LogP) is 6.90. The molecule has 0 spiro atoms. The van der Waals surface area contributed by atoms with E-state index in [-0.39, 0.29) is 0 Å². The summed E-state index contributed by atoms with van der Waals surface area (Å²) in [4.78, 5) is 9.36. The van der Waals surface area contributed by atoms with Gasteiger partial charge in [-0.25, -0.2) is 0 Å². The van der Waals surface area contributed by atoms with Crippen molar-refractivity contribution in [3.63, 3.8) is 0 Å². The van der Waals surface area contributed by atoms with Crippen molar-refractivity contribution in [2.75, 3.05) is 0 Å². The summed E-state index contributed by atoms with van der Waals surface area (Å²) in [6, 6.07) is 9.75. The molecule has 2 aromatic rings. The Labute approximate surface area is 175 Å². The molecule has 0 unspecified atom stereocenters. The summed E-state index contributed by atoms with van der Waals surface area (Å²) in [6.07, 6.45) is 13.8. The highest BCUT2D eigenvalue weighted by atomic mass is 15.0. The Balaban J connectivity index is 1.66. The van der Waals surface area contributed by atoms with Gasteiger partial charge in [0.05, 0.1) is 11.4 Å². The first-order chi connectivity index (χ1) is 14.2. The van der Waals surface area contributed by atoms with Gasteiger partial charge >= 0.3 is 0 Å². The highest BCUT2D eigenvalue weighted by Gasteiger charge is 2.25. The van der Waals surface area contributed by atoms with Crippen LogP contribution in [0, 0.1) is 13.8 Å². The zero-order chi connectivity index (χ0) is 20.2. The quantitative estimate of drug-likeness (QED) is 0.395. The van der Waals surface area contributed by atoms with Gasteiger partial charge in [-0.05, 0) is 93.2 Å². The van der Waals surface area contributed by atoms with Crippen LogP contribution in [0.1, 0.15) is 75.1 Å². The van der Waals surface area contributed by atoms with Crippen LogP contribution in [0.5, 0.6) is 0 Å². The topological polar surface area (TPSA) is 37.3 Å². The number of rotatable bonds is 8. The van der Waals surface area contributed by atoms with Crippen LogP contribution in [0.2, 0.25) is 0 Å². The average Bonchev–Trinajstić information content (AvgIpc) is 3.49. The fraction of sp³-hybridized carbons (Fsp3) is 0.462. The second-order valence-electron chi connectivity index (χ2n) is 8.56. The maximum atomic E-state index is 4.71. The molecule has 1 heterocycles. The molecule has 0 radical (unpaired) electrons. The van der Waals surface area contributed by atoms with Crippen molar-refractivity contribution in [2.45, 2.75) is 78.2 Å². The molecule has 0 amide bonds. The molecular weight excluding hydrogens is 354 g/mol. The second-order valence-corrected chi connectivity index (χ2v) is 8.56. The van der Waals surface area contributed by atoms with Crippen LogP contribution in [0.4, 0.5) is 5.69 Å². The van der Waals surface area contributed by atoms with Crippen molar-refractivity contribution in [3.8, 4) is 11.1 Å². The highest BCUT2D eigenvalue weighted by molar-refractivity contribution is 5.77. The Morgan fingerprint density at radius 1 is 1.21 bits per heavy atom. The third-order valence-corrected chi connectivity index (χ3v) is 6.05. The second kappa shape index (κ2) is 8.94. The number of nitrogens with zero attached hydrogens (tertiary/aromatic N) is 2. The van der Waals surface area contributed by atoms with Crippen molar-refractivity contribution >= 4 is 17.6 Å². The SMILES string of the molecule is CCCC/C=N\c1cc(-c2cc(C(NC3CC3)=C3CCC3)ccc2C)cnc1C. The number of pyridine rings is 1. The van der Waals surface area contributed by atoms with Crippen LogP contribution < -0.4 is 5.32 Å². The number of nitrogens with one attached hydrogen (secondary N) is 1. The van der Waals surface area contributed by atoms with E-state index in [0.717, 1.165) is 23.4 Å². The lowest BCUT2D eigenvalue weighted by atomic mass is 9.87. The number of allylic oxidation sites excluding steroid dienone is 1. The third kappa shape index (κ3) is 4.77. The lowest BCUT2D eigenvalue weighted by Gasteiger charge is -2.24. The minimum absolute atomic E-state index is 0.674. The summed E-state index contributed by atoms with van der Waals surface area (Å²) in [5, 5.41) is 3.81. The number of hydrogen-bond donors (Lipinski definition) is 1. The molecule has 0 atom stereocenters. The summed E-state index contributed by atoms with van der Waals surface area (Å²) < 4.78 is 0. The molecule has 152 valence electrons. The van der Waals surface area contributed by atoms with Gasteiger partial charge in [-0.3, -0.25) is 9.98 Å². The van der Waals surface area contributed by atoms with Crippen LogP contribution in [0.3, 0.4) is 0 Å². The summed E-state index contributed by atoms with van der Waals surface area (Å²) in [7, 11) is 0. The Kier molecular flexibility index (Phi) is 6.13. The van der Waals surface area contributed by atoms with E-state index in [2.05, 4.69) is 48.4 Å². The highest BCUT2D eigenvalue weighted by Crippen LogP contribution is 2.37. The Bertz CT molecular complexity index is 929. The molecule has 29 heavy (non-hydrogen) atoms. The van der Waals surface area contributed by atoms with Gasteiger partial charge in [0.15, 0.2) is 0 Å². The van der Waals surface area contributed by atoms with E-state index in [1.807, 2.05) is 19.3 Å². The Morgan fingerprint density at radius 3 is 2.72 bits per heavy atom. The molecule has 0 saturated heterocycles. The predicted molar refractivity (Wildman–Crippen MR) is 124 cm³/mol. The van der Waals surface area contributed by atoms with Gasteiger partial charge in [0, 0.05) is 29.7 Å². The van der Waals surface area contributed by atoms with Gasteiger partial charge in [-0.2, -0.15) is 0 Å². The Morgan fingerprint density at radius 2 is 2.03 bits per heavy atom. The molecule has 1 aromatic heterocycles. The van der Waals surface area contributed by atoms with E-state index in [1.54, 1.807) is 5.57 Å². The smallest absolute Gasteiger partial charge is 0.0844 e. The lowest BCUT2D eigenvalue weighted by molar-refractivity contribution is 0.655. The third-order valence-electron chi connectivity index (χ3n) is 6.05. The van der Waals surface area contributed by atoms with Gasteiger partial charge in [-0.1, -0.05) is 25.5 Å². The molecule has 2 aliphatic rings. The van der Waals surface area contributed by atoms with E-state index in [0.29, 0.717) is 6.04 Å². The zero-order valence-corrected chi connectivity index (χ0v) is 18.1. The van der Waals surface area contributed by atoms with Gasteiger partial charge in [0.2, 0.25) is 0 Å². The van der Waals surface area contributed by atoms with E-state index >= 15 is 0 Å². The van der Waals surface area contributed by atoms with Crippen LogP contribution in [0.15, 0.2) is 41.0 Å². The largest absolute Gasteiger partial charge is 0.382 e. The van der Waals surface area contributed by atoms with E-state index in [9.17, 15) is 0 Å². The minimum atomic E-state index is 0.674. The number of unbranched alkanes of at least 4 members (excludes halogenated alkanes) is 2. The van der Waals surface area contributed by atoms with Crippen LogP contribution in [-0.2, 0) is 0 Å². The maximum absolute atomic E-state index is 4.71. The molecule has 2 saturated carbocycles. The van der Waals surface area contributed by atoms with Gasteiger partial charge in [0.25, 0.3) is 0 Å². The molecule has 2 aliphatic carbocycles. The first kappa shape index (κ1) is 19.9. The summed E-state index contributed by atoms with van der Waals surface area (Å²) in [5.74, 6) is 0. The zero-order valence-electron chi connectivity index (χ0n) is 18.1. The summed E-state index contributed by atoms with van der Waals surface area (Å²) in [6.45, 7) is 6.44. The van der Waals surface area contributed by atoms with Gasteiger partial charge < -0.3 is 5.32 Å². The maximum Gasteiger partial charge on any atom is 0.0844 e. The van der Waals surface area contributed by atoms with Gasteiger partial charge in [-0.15, -0.1) is 0 Å². The number of aryl methyl sites for hydroxylation is 2. The average molecular weight is 388 g/mol. The molecular formula is C26H33N3. The van der Waals surface area contributed by atoms with Gasteiger partial charge in [0.1, 0.15) is 0 Å². The van der Waals surface area contributed by atoms with E-state index in [1.165, 1.54) is 67.3 Å². The van der Waals surface area contributed by atoms with Crippen molar-refractivity contribution in [2.24, 2.45) is 4.99 Å². The van der Waals surface area contributed by atoms with Crippen molar-refractivity contribution in [1.82, 2.24) is 10.3 Å². The molecule has 1 N–H and O–H groups in total. The fourth-order valence-corrected chi connectivity index (χ4v) is 3.77. The van der Waals surface area contributed by atoms with E-state index in [4.69, 9.17) is 4.99 Å².